The van der Waals surface area contributed by atoms with Crippen molar-refractivity contribution in [1.29, 1.82) is 0 Å². The number of aliphatic imine (C=N–C) groups is 1. The molecule has 2 aliphatic rings. The summed E-state index contributed by atoms with van der Waals surface area (Å²) in [5, 5.41) is 5.92. The van der Waals surface area contributed by atoms with Gasteiger partial charge < -0.3 is 25.2 Å². The smallest absolute Gasteiger partial charge is 0.251 e. The summed E-state index contributed by atoms with van der Waals surface area (Å²) in [5.41, 5.74) is 0. The van der Waals surface area contributed by atoms with Crippen molar-refractivity contribution in [3.63, 3.8) is 0 Å². The summed E-state index contributed by atoms with van der Waals surface area (Å²) in [5.74, 6) is 0.739. The van der Waals surface area contributed by atoms with Crippen LogP contribution in [-0.4, -0.2) is 86.1 Å². The van der Waals surface area contributed by atoms with Crippen molar-refractivity contribution in [2.24, 2.45) is 4.99 Å². The molecule has 0 aromatic carbocycles. The number of rotatable bonds is 4. The minimum Gasteiger partial charge on any atom is -0.368 e. The molecule has 0 aromatic rings. The third-order valence-electron chi connectivity index (χ3n) is 4.16. The molecule has 2 fully saturated rings. The maximum Gasteiger partial charge on any atom is 0.251 e. The molecule has 136 valence electrons. The largest absolute Gasteiger partial charge is 0.368 e. The Morgan fingerprint density at radius 3 is 2.42 bits per heavy atom. The van der Waals surface area contributed by atoms with E-state index >= 15 is 0 Å². The number of nitrogens with zero attached hydrogens (tertiary/aromatic N) is 3. The van der Waals surface area contributed by atoms with Gasteiger partial charge in [-0.25, -0.2) is 0 Å². The second-order valence-corrected chi connectivity index (χ2v) is 6.44. The summed E-state index contributed by atoms with van der Waals surface area (Å²) in [6.07, 6.45) is 1.53. The van der Waals surface area contributed by atoms with Gasteiger partial charge in [0, 0.05) is 45.9 Å². The molecular formula is C16H29N5O3. The molecular weight excluding hydrogens is 310 g/mol. The van der Waals surface area contributed by atoms with Gasteiger partial charge in [-0.05, 0) is 26.7 Å². The van der Waals surface area contributed by atoms with Crippen LogP contribution < -0.4 is 10.6 Å². The Morgan fingerprint density at radius 1 is 1.21 bits per heavy atom. The molecule has 8 heteroatoms. The SMILES string of the molecule is CN=C(NCC(=O)NC(C)C)N1CCN(C(=O)C2CCCO2)CC1. The predicted molar refractivity (Wildman–Crippen MR) is 91.8 cm³/mol. The fourth-order valence-electron chi connectivity index (χ4n) is 2.98. The molecule has 24 heavy (non-hydrogen) atoms. The van der Waals surface area contributed by atoms with Crippen molar-refractivity contribution in [3.05, 3.63) is 0 Å². The van der Waals surface area contributed by atoms with E-state index in [2.05, 4.69) is 20.5 Å². The van der Waals surface area contributed by atoms with E-state index in [0.717, 1.165) is 12.8 Å². The minimum atomic E-state index is -0.256. The van der Waals surface area contributed by atoms with Crippen molar-refractivity contribution in [3.8, 4) is 0 Å². The Bertz CT molecular complexity index is 466. The van der Waals surface area contributed by atoms with Crippen LogP contribution in [0.3, 0.4) is 0 Å². The second kappa shape index (κ2) is 8.86. The highest BCUT2D eigenvalue weighted by Crippen LogP contribution is 2.16. The Kier molecular flexibility index (Phi) is 6.84. The number of hydrogen-bond acceptors (Lipinski definition) is 4. The van der Waals surface area contributed by atoms with Crippen molar-refractivity contribution in [2.45, 2.75) is 38.8 Å². The highest BCUT2D eigenvalue weighted by atomic mass is 16.5. The molecule has 0 aliphatic carbocycles. The monoisotopic (exact) mass is 339 g/mol. The van der Waals surface area contributed by atoms with Crippen LogP contribution in [0.25, 0.3) is 0 Å². The van der Waals surface area contributed by atoms with Crippen LogP contribution >= 0.6 is 0 Å². The van der Waals surface area contributed by atoms with Crippen molar-refractivity contribution < 1.29 is 14.3 Å². The lowest BCUT2D eigenvalue weighted by molar-refractivity contribution is -0.142. The number of carbonyl (C=O) groups is 2. The van der Waals surface area contributed by atoms with Crippen molar-refractivity contribution in [1.82, 2.24) is 20.4 Å². The first-order chi connectivity index (χ1) is 11.5. The molecule has 2 rings (SSSR count). The van der Waals surface area contributed by atoms with Gasteiger partial charge in [0.05, 0.1) is 6.54 Å². The van der Waals surface area contributed by atoms with Gasteiger partial charge in [0.15, 0.2) is 5.96 Å². The summed E-state index contributed by atoms with van der Waals surface area (Å²) in [6, 6.07) is 0.119. The minimum absolute atomic E-state index is 0.0571. The molecule has 0 bridgehead atoms. The zero-order chi connectivity index (χ0) is 17.5. The van der Waals surface area contributed by atoms with Gasteiger partial charge in [-0.1, -0.05) is 0 Å². The topological polar surface area (TPSA) is 86.3 Å². The molecule has 2 heterocycles. The van der Waals surface area contributed by atoms with Crippen LogP contribution in [0.2, 0.25) is 0 Å². The molecule has 2 amide bonds. The first kappa shape index (κ1) is 18.5. The van der Waals surface area contributed by atoms with Crippen LogP contribution in [0.1, 0.15) is 26.7 Å². The van der Waals surface area contributed by atoms with E-state index < -0.39 is 0 Å². The molecule has 8 nitrogen and oxygen atoms in total. The Hall–Kier alpha value is -1.83. The van der Waals surface area contributed by atoms with Crippen LogP contribution in [0.5, 0.6) is 0 Å². The zero-order valence-corrected chi connectivity index (χ0v) is 14.9. The van der Waals surface area contributed by atoms with E-state index in [0.29, 0.717) is 38.7 Å². The number of piperazine rings is 1. The molecule has 0 aromatic heterocycles. The second-order valence-electron chi connectivity index (χ2n) is 6.44. The molecule has 2 N–H and O–H groups in total. The lowest BCUT2D eigenvalue weighted by Gasteiger charge is -2.37. The van der Waals surface area contributed by atoms with Crippen LogP contribution in [0.15, 0.2) is 4.99 Å². The highest BCUT2D eigenvalue weighted by molar-refractivity contribution is 5.87. The maximum absolute atomic E-state index is 12.3. The third kappa shape index (κ3) is 5.09. The van der Waals surface area contributed by atoms with Gasteiger partial charge in [-0.15, -0.1) is 0 Å². The zero-order valence-electron chi connectivity index (χ0n) is 14.9. The summed E-state index contributed by atoms with van der Waals surface area (Å²) < 4.78 is 5.47. The fraction of sp³-hybridized carbons (Fsp3) is 0.812. The molecule has 0 saturated carbocycles. The average molecular weight is 339 g/mol. The van der Waals surface area contributed by atoms with Gasteiger partial charge in [-0.2, -0.15) is 0 Å². The number of hydrogen-bond donors (Lipinski definition) is 2. The Morgan fingerprint density at radius 2 is 1.88 bits per heavy atom. The number of ether oxygens (including phenoxy) is 1. The molecule has 2 saturated heterocycles. The molecule has 2 aliphatic heterocycles. The van der Waals surface area contributed by atoms with Crippen LogP contribution in [0, 0.1) is 0 Å². The Labute approximate surface area is 143 Å². The number of carbonyl (C=O) groups excluding carboxylic acids is 2. The Balaban J connectivity index is 1.77. The van der Waals surface area contributed by atoms with Crippen LogP contribution in [-0.2, 0) is 14.3 Å². The normalized spacial score (nSPS) is 22.0. The quantitative estimate of drug-likeness (QED) is 0.528. The lowest BCUT2D eigenvalue weighted by Crippen LogP contribution is -2.56. The summed E-state index contributed by atoms with van der Waals surface area (Å²) in [6.45, 7) is 7.43. The number of amides is 2. The van der Waals surface area contributed by atoms with E-state index in [1.807, 2.05) is 18.7 Å². The number of guanidine groups is 1. The average Bonchev–Trinajstić information content (AvgIpc) is 3.09. The van der Waals surface area contributed by atoms with E-state index in [9.17, 15) is 9.59 Å². The van der Waals surface area contributed by atoms with E-state index in [4.69, 9.17) is 4.74 Å². The summed E-state index contributed by atoms with van der Waals surface area (Å²) >= 11 is 0. The van der Waals surface area contributed by atoms with E-state index in [1.165, 1.54) is 0 Å². The first-order valence-electron chi connectivity index (χ1n) is 8.66. The van der Waals surface area contributed by atoms with Crippen molar-refractivity contribution in [2.75, 3.05) is 46.4 Å². The third-order valence-corrected chi connectivity index (χ3v) is 4.16. The molecule has 1 atom stereocenters. The molecule has 1 unspecified atom stereocenters. The van der Waals surface area contributed by atoms with Gasteiger partial charge in [-0.3, -0.25) is 14.6 Å². The first-order valence-corrected chi connectivity index (χ1v) is 8.66. The van der Waals surface area contributed by atoms with Gasteiger partial charge >= 0.3 is 0 Å². The lowest BCUT2D eigenvalue weighted by atomic mass is 10.2. The van der Waals surface area contributed by atoms with E-state index in [1.54, 1.807) is 7.05 Å². The number of nitrogens with one attached hydrogen (secondary N) is 2. The standard InChI is InChI=1S/C16H29N5O3/c1-12(2)19-14(22)11-18-16(17-3)21-8-6-20(7-9-21)15(23)13-5-4-10-24-13/h12-13H,4-11H2,1-3H3,(H,17,18)(H,19,22). The van der Waals surface area contributed by atoms with Crippen molar-refractivity contribution >= 4 is 17.8 Å². The predicted octanol–water partition coefficient (Wildman–Crippen LogP) is -0.590. The van der Waals surface area contributed by atoms with Gasteiger partial charge in [0.25, 0.3) is 5.91 Å². The molecule has 0 radical (unpaired) electrons. The summed E-state index contributed by atoms with van der Waals surface area (Å²) in [7, 11) is 1.70. The van der Waals surface area contributed by atoms with E-state index in [-0.39, 0.29) is 30.5 Å². The highest BCUT2D eigenvalue weighted by Gasteiger charge is 2.30. The van der Waals surface area contributed by atoms with Gasteiger partial charge in [0.2, 0.25) is 5.91 Å². The van der Waals surface area contributed by atoms with Crippen LogP contribution in [0.4, 0.5) is 0 Å². The summed E-state index contributed by atoms with van der Waals surface area (Å²) in [4.78, 5) is 32.2. The maximum atomic E-state index is 12.3. The van der Waals surface area contributed by atoms with Gasteiger partial charge in [0.1, 0.15) is 6.10 Å². The fourth-order valence-corrected chi connectivity index (χ4v) is 2.98. The molecule has 0 spiro atoms.